The highest BCUT2D eigenvalue weighted by Crippen LogP contribution is 2.17. The van der Waals surface area contributed by atoms with E-state index in [0.717, 1.165) is 11.1 Å². The lowest BCUT2D eigenvalue weighted by molar-refractivity contribution is 0.0531. The molecule has 0 spiro atoms. The Bertz CT molecular complexity index is 782. The average molecular weight is 373 g/mol. The highest BCUT2D eigenvalue weighted by atomic mass is 19.1. The van der Waals surface area contributed by atoms with Crippen molar-refractivity contribution in [3.63, 3.8) is 0 Å². The van der Waals surface area contributed by atoms with Crippen molar-refractivity contribution in [3.8, 4) is 17.1 Å². The first-order valence-electron chi connectivity index (χ1n) is 8.54. The third-order valence-electron chi connectivity index (χ3n) is 3.38. The largest absolute Gasteiger partial charge is 0.486 e. The molecule has 1 amide bonds. The summed E-state index contributed by atoms with van der Waals surface area (Å²) in [4.78, 5) is 20.1. The third-order valence-corrected chi connectivity index (χ3v) is 3.38. The molecule has 27 heavy (non-hydrogen) atoms. The number of rotatable bonds is 6. The molecule has 0 atom stereocenters. The number of halogens is 1. The van der Waals surface area contributed by atoms with Gasteiger partial charge in [-0.3, -0.25) is 0 Å². The quantitative estimate of drug-likeness (QED) is 0.821. The molecule has 1 aromatic heterocycles. The van der Waals surface area contributed by atoms with Crippen LogP contribution in [0.3, 0.4) is 0 Å². The Labute approximate surface area is 158 Å². The van der Waals surface area contributed by atoms with Crippen LogP contribution in [0.2, 0.25) is 0 Å². The number of carbonyl (C=O) groups excluding carboxylic acids is 1. The monoisotopic (exact) mass is 373 g/mol. The van der Waals surface area contributed by atoms with Crippen LogP contribution in [0.15, 0.2) is 48.6 Å². The highest BCUT2D eigenvalue weighted by Gasteiger charge is 2.16. The van der Waals surface area contributed by atoms with Crippen molar-refractivity contribution in [1.82, 2.24) is 15.3 Å². The third kappa shape index (κ3) is 7.05. The van der Waals surface area contributed by atoms with E-state index in [1.165, 1.54) is 12.4 Å². The van der Waals surface area contributed by atoms with Crippen molar-refractivity contribution in [3.05, 3.63) is 54.1 Å². The van der Waals surface area contributed by atoms with E-state index >= 15 is 0 Å². The second kappa shape index (κ2) is 9.12. The maximum atomic E-state index is 13.0. The van der Waals surface area contributed by atoms with E-state index in [9.17, 15) is 9.18 Å². The summed E-state index contributed by atoms with van der Waals surface area (Å²) in [5.41, 5.74) is 1.70. The maximum Gasteiger partial charge on any atom is 0.407 e. The molecule has 7 heteroatoms. The first kappa shape index (κ1) is 20.4. The van der Waals surface area contributed by atoms with E-state index in [-0.39, 0.29) is 18.7 Å². The molecule has 0 aliphatic rings. The van der Waals surface area contributed by atoms with Crippen LogP contribution in [0, 0.1) is 6.92 Å². The number of aryl methyl sites for hydroxylation is 1. The minimum absolute atomic E-state index is 0.0201. The normalized spacial score (nSPS) is 11.8. The van der Waals surface area contributed by atoms with Gasteiger partial charge in [0, 0.05) is 17.7 Å². The number of nitrogens with one attached hydrogen (secondary N) is 1. The Morgan fingerprint density at radius 2 is 1.81 bits per heavy atom. The summed E-state index contributed by atoms with van der Waals surface area (Å²) in [6.07, 6.45) is 2.84. The van der Waals surface area contributed by atoms with Gasteiger partial charge in [0.15, 0.2) is 11.6 Å². The number of benzene rings is 1. The molecule has 0 fully saturated rings. The van der Waals surface area contributed by atoms with Crippen LogP contribution < -0.4 is 10.1 Å². The Morgan fingerprint density at radius 1 is 1.19 bits per heavy atom. The zero-order valence-electron chi connectivity index (χ0n) is 16.0. The minimum atomic E-state index is -0.618. The summed E-state index contributed by atoms with van der Waals surface area (Å²) in [6, 6.07) is 7.85. The van der Waals surface area contributed by atoms with Crippen molar-refractivity contribution >= 4 is 6.09 Å². The molecule has 0 aliphatic heterocycles. The lowest BCUT2D eigenvalue weighted by Crippen LogP contribution is -2.34. The molecule has 0 unspecified atom stereocenters. The van der Waals surface area contributed by atoms with Crippen molar-refractivity contribution in [1.29, 1.82) is 0 Å². The van der Waals surface area contributed by atoms with Crippen LogP contribution in [0.25, 0.3) is 11.4 Å². The van der Waals surface area contributed by atoms with E-state index in [4.69, 9.17) is 9.47 Å². The van der Waals surface area contributed by atoms with Crippen molar-refractivity contribution < 1.29 is 18.7 Å². The van der Waals surface area contributed by atoms with Crippen LogP contribution in [0.4, 0.5) is 9.18 Å². The number of hydrogen-bond donors (Lipinski definition) is 1. The van der Waals surface area contributed by atoms with Gasteiger partial charge in [-0.2, -0.15) is 0 Å². The van der Waals surface area contributed by atoms with Crippen LogP contribution in [0.1, 0.15) is 26.3 Å². The van der Waals surface area contributed by atoms with Crippen molar-refractivity contribution in [2.24, 2.45) is 0 Å². The molecule has 0 radical (unpaired) electrons. The SMILES string of the molecule is Cc1ccc(-c2ncc(OCC(=CF)CNC(=O)OC(C)(C)C)cn2)cc1. The number of carbonyl (C=O) groups is 1. The fourth-order valence-electron chi connectivity index (χ4n) is 2.04. The lowest BCUT2D eigenvalue weighted by atomic mass is 10.1. The van der Waals surface area contributed by atoms with Gasteiger partial charge in [0.25, 0.3) is 0 Å². The van der Waals surface area contributed by atoms with Gasteiger partial charge >= 0.3 is 6.09 Å². The number of amides is 1. The van der Waals surface area contributed by atoms with Gasteiger partial charge in [-0.1, -0.05) is 29.8 Å². The molecule has 2 rings (SSSR count). The van der Waals surface area contributed by atoms with Gasteiger partial charge in [-0.15, -0.1) is 0 Å². The fraction of sp³-hybridized carbons (Fsp3) is 0.350. The summed E-state index contributed by atoms with van der Waals surface area (Å²) in [5, 5.41) is 2.48. The molecule has 2 aromatic rings. The predicted octanol–water partition coefficient (Wildman–Crippen LogP) is 4.21. The van der Waals surface area contributed by atoms with Crippen LogP contribution >= 0.6 is 0 Å². The predicted molar refractivity (Wildman–Crippen MR) is 101 cm³/mol. The summed E-state index contributed by atoms with van der Waals surface area (Å²) < 4.78 is 23.6. The molecular formula is C20H24FN3O3. The van der Waals surface area contributed by atoms with Crippen LogP contribution in [-0.4, -0.2) is 34.8 Å². The van der Waals surface area contributed by atoms with Crippen LogP contribution in [0.5, 0.6) is 5.75 Å². The van der Waals surface area contributed by atoms with Gasteiger partial charge in [0.1, 0.15) is 12.2 Å². The molecule has 144 valence electrons. The summed E-state index contributed by atoms with van der Waals surface area (Å²) in [5.74, 6) is 0.984. The van der Waals surface area contributed by atoms with E-state index < -0.39 is 11.7 Å². The van der Waals surface area contributed by atoms with E-state index in [2.05, 4.69) is 15.3 Å². The molecule has 1 heterocycles. The van der Waals surface area contributed by atoms with Crippen LogP contribution in [-0.2, 0) is 4.74 Å². The Hall–Kier alpha value is -2.96. The standard InChI is InChI=1S/C20H24FN3O3/c1-14-5-7-16(8-6-14)18-22-11-17(12-23-18)26-13-15(9-21)10-24-19(25)27-20(2,3)4/h5-9,11-12H,10,13H2,1-4H3,(H,24,25). The van der Waals surface area contributed by atoms with Crippen molar-refractivity contribution in [2.75, 3.05) is 13.2 Å². The van der Waals surface area contributed by atoms with Gasteiger partial charge in [-0.05, 0) is 27.7 Å². The molecule has 0 aliphatic carbocycles. The smallest absolute Gasteiger partial charge is 0.407 e. The zero-order chi connectivity index (χ0) is 19.9. The molecular weight excluding hydrogens is 349 g/mol. The summed E-state index contributed by atoms with van der Waals surface area (Å²) in [7, 11) is 0. The first-order valence-corrected chi connectivity index (χ1v) is 8.54. The highest BCUT2D eigenvalue weighted by molar-refractivity contribution is 5.68. The van der Waals surface area contributed by atoms with Gasteiger partial charge in [-0.25, -0.2) is 19.2 Å². The molecule has 0 saturated heterocycles. The topological polar surface area (TPSA) is 73.3 Å². The Kier molecular flexibility index (Phi) is 6.87. The van der Waals surface area contributed by atoms with Gasteiger partial charge < -0.3 is 14.8 Å². The number of nitrogens with zero attached hydrogens (tertiary/aromatic N) is 2. The fourth-order valence-corrected chi connectivity index (χ4v) is 2.04. The minimum Gasteiger partial charge on any atom is -0.486 e. The zero-order valence-corrected chi connectivity index (χ0v) is 16.0. The number of alkyl carbamates (subject to hydrolysis) is 1. The van der Waals surface area contributed by atoms with E-state index in [0.29, 0.717) is 17.9 Å². The molecule has 0 bridgehead atoms. The Balaban J connectivity index is 1.85. The second-order valence-corrected chi connectivity index (χ2v) is 7.02. The maximum absolute atomic E-state index is 13.0. The molecule has 1 N–H and O–H groups in total. The van der Waals surface area contributed by atoms with E-state index in [1.54, 1.807) is 20.8 Å². The Morgan fingerprint density at radius 3 is 2.37 bits per heavy atom. The number of hydrogen-bond acceptors (Lipinski definition) is 5. The number of ether oxygens (including phenoxy) is 2. The molecule has 6 nitrogen and oxygen atoms in total. The first-order chi connectivity index (χ1) is 12.8. The molecule has 0 saturated carbocycles. The molecule has 1 aromatic carbocycles. The van der Waals surface area contributed by atoms with Gasteiger partial charge in [0.2, 0.25) is 0 Å². The van der Waals surface area contributed by atoms with Crippen molar-refractivity contribution in [2.45, 2.75) is 33.3 Å². The second-order valence-electron chi connectivity index (χ2n) is 7.02. The van der Waals surface area contributed by atoms with Gasteiger partial charge in [0.05, 0.1) is 18.7 Å². The average Bonchev–Trinajstić information content (AvgIpc) is 2.61. The number of aromatic nitrogens is 2. The summed E-state index contributed by atoms with van der Waals surface area (Å²) in [6.45, 7) is 7.20. The summed E-state index contributed by atoms with van der Waals surface area (Å²) >= 11 is 0. The van der Waals surface area contributed by atoms with E-state index in [1.807, 2.05) is 31.2 Å². The lowest BCUT2D eigenvalue weighted by Gasteiger charge is -2.20.